The Balaban J connectivity index is 1.59. The van der Waals surface area contributed by atoms with Crippen molar-refractivity contribution in [1.29, 1.82) is 0 Å². The van der Waals surface area contributed by atoms with Gasteiger partial charge in [0.2, 0.25) is 0 Å². The van der Waals surface area contributed by atoms with E-state index in [1.54, 1.807) is 22.7 Å². The first-order valence-corrected chi connectivity index (χ1v) is 15.5. The minimum absolute atomic E-state index is 0.550. The third kappa shape index (κ3) is 6.04. The molecule has 3 heterocycles. The molecule has 2 aromatic carbocycles. The van der Waals surface area contributed by atoms with Gasteiger partial charge in [-0.2, -0.15) is 0 Å². The zero-order valence-electron chi connectivity index (χ0n) is 23.7. The van der Waals surface area contributed by atoms with Crippen LogP contribution in [0.5, 0.6) is 0 Å². The average Bonchev–Trinajstić information content (AvgIpc) is 3.54. The number of hydrogen-bond donors (Lipinski definition) is 1. The van der Waals surface area contributed by atoms with Crippen molar-refractivity contribution in [2.75, 3.05) is 31.1 Å². The fraction of sp³-hybridized carbons (Fsp3) is 0.433. The number of halogens is 1. The number of thiazole rings is 2. The van der Waals surface area contributed by atoms with E-state index in [0.717, 1.165) is 68.1 Å². The fourth-order valence-corrected chi connectivity index (χ4v) is 7.34. The second kappa shape index (κ2) is 11.4. The van der Waals surface area contributed by atoms with Crippen molar-refractivity contribution < 1.29 is 14.6 Å². The molecule has 1 aliphatic rings. The molecule has 1 atom stereocenters. The predicted octanol–water partition coefficient (Wildman–Crippen LogP) is 7.52. The lowest BCUT2D eigenvalue weighted by atomic mass is 9.91. The number of nitrogens with zero attached hydrogens (tertiary/aromatic N) is 4. The molecule has 4 aromatic rings. The van der Waals surface area contributed by atoms with Gasteiger partial charge in [-0.1, -0.05) is 35.1 Å². The number of benzene rings is 2. The summed E-state index contributed by atoms with van der Waals surface area (Å²) in [6, 6.07) is 10.0. The number of carboxylic acid groups (broad SMARTS) is 1. The maximum atomic E-state index is 12.6. The van der Waals surface area contributed by atoms with Crippen molar-refractivity contribution in [2.24, 2.45) is 0 Å². The van der Waals surface area contributed by atoms with Crippen LogP contribution in [0.15, 0.2) is 36.5 Å². The Labute approximate surface area is 248 Å². The maximum Gasteiger partial charge on any atom is 0.337 e. The minimum atomic E-state index is -1.14. The van der Waals surface area contributed by atoms with Crippen LogP contribution >= 0.6 is 34.3 Å². The van der Waals surface area contributed by atoms with Gasteiger partial charge in [0.1, 0.15) is 5.01 Å². The third-order valence-corrected chi connectivity index (χ3v) is 9.61. The molecule has 212 valence electrons. The second-order valence-corrected chi connectivity index (χ2v) is 13.9. The number of aryl methyl sites for hydroxylation is 1. The number of ether oxygens (including phenoxy) is 1. The number of anilines is 1. The number of rotatable bonds is 7. The van der Waals surface area contributed by atoms with Crippen molar-refractivity contribution >= 4 is 55.6 Å². The highest BCUT2D eigenvalue weighted by Crippen LogP contribution is 2.45. The molecule has 5 rings (SSSR count). The minimum Gasteiger partial charge on any atom is -0.479 e. The number of carboxylic acids is 1. The lowest BCUT2D eigenvalue weighted by molar-refractivity contribution is -0.160. The number of fused-ring (bicyclic) bond motifs is 1. The van der Waals surface area contributed by atoms with Gasteiger partial charge in [0.15, 0.2) is 11.2 Å². The molecule has 7 nitrogen and oxygen atoms in total. The summed E-state index contributed by atoms with van der Waals surface area (Å²) in [6.45, 7) is 16.0. The van der Waals surface area contributed by atoms with E-state index in [4.69, 9.17) is 26.3 Å². The van der Waals surface area contributed by atoms with Crippen LogP contribution in [-0.4, -0.2) is 63.8 Å². The van der Waals surface area contributed by atoms with Crippen LogP contribution in [0.2, 0.25) is 5.02 Å². The van der Waals surface area contributed by atoms with E-state index in [-0.39, 0.29) is 0 Å². The number of carbonyl (C=O) groups is 1. The van der Waals surface area contributed by atoms with Crippen molar-refractivity contribution in [3.63, 3.8) is 0 Å². The highest BCUT2D eigenvalue weighted by Gasteiger charge is 2.32. The molecule has 0 aliphatic carbocycles. The molecule has 1 fully saturated rings. The number of aliphatic carboxylic acids is 1. The summed E-state index contributed by atoms with van der Waals surface area (Å²) in [5.74, 6) is -1.03. The molecular formula is C30H35ClN4O3S2. The van der Waals surface area contributed by atoms with Crippen molar-refractivity contribution in [1.82, 2.24) is 14.9 Å². The summed E-state index contributed by atoms with van der Waals surface area (Å²) in [4.78, 5) is 28.2. The van der Waals surface area contributed by atoms with Gasteiger partial charge < -0.3 is 14.7 Å². The Bertz CT molecular complexity index is 1520. The molecule has 2 aromatic heterocycles. The Kier molecular flexibility index (Phi) is 8.23. The van der Waals surface area contributed by atoms with Gasteiger partial charge in [-0.3, -0.25) is 4.90 Å². The summed E-state index contributed by atoms with van der Waals surface area (Å²) in [7, 11) is 0. The first-order chi connectivity index (χ1) is 18.9. The van der Waals surface area contributed by atoms with E-state index in [1.165, 1.54) is 0 Å². The van der Waals surface area contributed by atoms with Crippen molar-refractivity contribution in [3.8, 4) is 21.0 Å². The number of piperazine rings is 1. The molecule has 0 spiro atoms. The quantitative estimate of drug-likeness (QED) is 0.236. The molecule has 1 N–H and O–H groups in total. The zero-order chi connectivity index (χ0) is 28.8. The van der Waals surface area contributed by atoms with E-state index in [0.29, 0.717) is 16.6 Å². The SMILES string of the molecule is Cc1cc2nc(-c3cnc(N4CCN(C(C)C)CC4)s3)sc2c(-c2ccc(Cl)cc2)c1[C@H](OC(C)(C)C)C(=O)O. The number of aromatic nitrogens is 2. The zero-order valence-corrected chi connectivity index (χ0v) is 26.1. The molecule has 0 unspecified atom stereocenters. The Morgan fingerprint density at radius 3 is 2.38 bits per heavy atom. The molecule has 0 bridgehead atoms. The van der Waals surface area contributed by atoms with Gasteiger partial charge in [-0.15, -0.1) is 11.3 Å². The number of hydrogen-bond acceptors (Lipinski definition) is 8. The van der Waals surface area contributed by atoms with Gasteiger partial charge in [0, 0.05) is 48.4 Å². The summed E-state index contributed by atoms with van der Waals surface area (Å²) >= 11 is 9.44. The standard InChI is InChI=1S/C30H35ClN4O3S2/c1-17(2)34-11-13-35(14-12-34)29-32-16-22(39-29)27-33-21-15-18(3)23(25(28(36)37)38-30(4,5)6)24(26(21)40-27)19-7-9-20(31)10-8-19/h7-10,15-17,25H,11-14H2,1-6H3,(H,36,37)/t25-/m0/s1. The molecule has 1 aliphatic heterocycles. The summed E-state index contributed by atoms with van der Waals surface area (Å²) < 4.78 is 7.05. The van der Waals surface area contributed by atoms with Gasteiger partial charge >= 0.3 is 5.97 Å². The smallest absolute Gasteiger partial charge is 0.337 e. The summed E-state index contributed by atoms with van der Waals surface area (Å²) in [6.07, 6.45) is 0.769. The maximum absolute atomic E-state index is 12.6. The molecular weight excluding hydrogens is 564 g/mol. The molecule has 10 heteroatoms. The lowest BCUT2D eigenvalue weighted by Crippen LogP contribution is -2.48. The molecule has 1 saturated heterocycles. The summed E-state index contributed by atoms with van der Waals surface area (Å²) in [5, 5.41) is 12.8. The Morgan fingerprint density at radius 2 is 1.77 bits per heavy atom. The normalized spacial score (nSPS) is 15.8. The fourth-order valence-electron chi connectivity index (χ4n) is 5.08. The molecule has 40 heavy (non-hydrogen) atoms. The largest absolute Gasteiger partial charge is 0.479 e. The van der Waals surface area contributed by atoms with Gasteiger partial charge in [0.25, 0.3) is 0 Å². The predicted molar refractivity (Wildman–Crippen MR) is 166 cm³/mol. The van der Waals surface area contributed by atoms with Gasteiger partial charge in [0.05, 0.1) is 26.9 Å². The summed E-state index contributed by atoms with van der Waals surface area (Å²) in [5.41, 5.74) is 3.33. The Morgan fingerprint density at radius 1 is 1.10 bits per heavy atom. The third-order valence-electron chi connectivity index (χ3n) is 7.04. The van der Waals surface area contributed by atoms with Crippen LogP contribution < -0.4 is 4.90 Å². The second-order valence-electron chi connectivity index (χ2n) is 11.4. The van der Waals surface area contributed by atoms with E-state index in [2.05, 4.69) is 23.6 Å². The van der Waals surface area contributed by atoms with E-state index < -0.39 is 17.7 Å². The molecule has 0 radical (unpaired) electrons. The van der Waals surface area contributed by atoms with E-state index in [9.17, 15) is 9.90 Å². The Hall–Kier alpha value is -2.56. The van der Waals surface area contributed by atoms with Crippen molar-refractivity contribution in [2.45, 2.75) is 59.3 Å². The molecule has 0 saturated carbocycles. The highest BCUT2D eigenvalue weighted by atomic mass is 35.5. The first-order valence-electron chi connectivity index (χ1n) is 13.5. The molecule has 0 amide bonds. The van der Waals surface area contributed by atoms with Crippen molar-refractivity contribution in [3.05, 3.63) is 52.7 Å². The van der Waals surface area contributed by atoms with E-state index in [1.807, 2.05) is 64.2 Å². The first kappa shape index (κ1) is 29.0. The highest BCUT2D eigenvalue weighted by molar-refractivity contribution is 7.27. The van der Waals surface area contributed by atoms with E-state index >= 15 is 0 Å². The van der Waals surface area contributed by atoms with Crippen LogP contribution in [0.4, 0.5) is 5.13 Å². The topological polar surface area (TPSA) is 78.8 Å². The van der Waals surface area contributed by atoms with Gasteiger partial charge in [-0.05, 0) is 70.9 Å². The van der Waals surface area contributed by atoms with Crippen LogP contribution in [-0.2, 0) is 9.53 Å². The monoisotopic (exact) mass is 598 g/mol. The van der Waals surface area contributed by atoms with Crippen LogP contribution in [0.25, 0.3) is 31.2 Å². The van der Waals surface area contributed by atoms with Crippen LogP contribution in [0.3, 0.4) is 0 Å². The lowest BCUT2D eigenvalue weighted by Gasteiger charge is -2.36. The van der Waals surface area contributed by atoms with Gasteiger partial charge in [-0.25, -0.2) is 14.8 Å². The van der Waals surface area contributed by atoms with Crippen LogP contribution in [0.1, 0.15) is 51.8 Å². The average molecular weight is 599 g/mol. The van der Waals surface area contributed by atoms with Crippen LogP contribution in [0, 0.1) is 6.92 Å².